The molecule has 1 aromatic rings. The number of hydrogen-bond acceptors (Lipinski definition) is 1. The van der Waals surface area contributed by atoms with E-state index >= 15 is 0 Å². The SMILES string of the molecule is CCc1ccc(C(Br)CCC(F)(F)F)s1. The minimum absolute atomic E-state index is 0.104. The van der Waals surface area contributed by atoms with E-state index in [1.165, 1.54) is 4.88 Å². The molecule has 0 nitrogen and oxygen atoms in total. The third-order valence-corrected chi connectivity index (χ3v) is 4.62. The first-order valence-electron chi connectivity index (χ1n) is 4.72. The van der Waals surface area contributed by atoms with E-state index < -0.39 is 12.6 Å². The summed E-state index contributed by atoms with van der Waals surface area (Å²) in [6.07, 6.45) is -3.75. The zero-order chi connectivity index (χ0) is 11.5. The quantitative estimate of drug-likeness (QED) is 0.680. The van der Waals surface area contributed by atoms with Gasteiger partial charge in [-0.3, -0.25) is 0 Å². The Labute approximate surface area is 99.6 Å². The number of aryl methyl sites for hydroxylation is 1. The predicted molar refractivity (Wildman–Crippen MR) is 60.7 cm³/mol. The van der Waals surface area contributed by atoms with Gasteiger partial charge in [0.1, 0.15) is 0 Å². The maximum absolute atomic E-state index is 12.0. The summed E-state index contributed by atoms with van der Waals surface area (Å²) >= 11 is 4.87. The minimum atomic E-state index is -4.06. The minimum Gasteiger partial charge on any atom is -0.171 e. The molecule has 0 aliphatic rings. The molecule has 0 aromatic carbocycles. The first-order chi connectivity index (χ1) is 6.92. The van der Waals surface area contributed by atoms with Crippen molar-refractivity contribution >= 4 is 27.3 Å². The average molecular weight is 301 g/mol. The molecule has 1 aromatic heterocycles. The lowest BCUT2D eigenvalue weighted by Gasteiger charge is -2.09. The predicted octanol–water partition coefficient (Wildman–Crippen LogP) is 5.09. The van der Waals surface area contributed by atoms with E-state index in [0.717, 1.165) is 11.3 Å². The third-order valence-electron chi connectivity index (χ3n) is 2.02. The molecule has 86 valence electrons. The molecular weight excluding hydrogens is 289 g/mol. The fraction of sp³-hybridized carbons (Fsp3) is 0.600. The van der Waals surface area contributed by atoms with Crippen LogP contribution in [0.2, 0.25) is 0 Å². The number of hydrogen-bond donors (Lipinski definition) is 0. The van der Waals surface area contributed by atoms with Crippen LogP contribution in [0.15, 0.2) is 12.1 Å². The van der Waals surface area contributed by atoms with Gasteiger partial charge in [0.05, 0.1) is 0 Å². The summed E-state index contributed by atoms with van der Waals surface area (Å²) in [6, 6.07) is 3.88. The lowest BCUT2D eigenvalue weighted by molar-refractivity contribution is -0.135. The van der Waals surface area contributed by atoms with Crippen molar-refractivity contribution in [2.24, 2.45) is 0 Å². The maximum atomic E-state index is 12.0. The van der Waals surface area contributed by atoms with Crippen molar-refractivity contribution in [2.45, 2.75) is 37.2 Å². The first kappa shape index (κ1) is 13.0. The van der Waals surface area contributed by atoms with Gasteiger partial charge in [0.25, 0.3) is 0 Å². The van der Waals surface area contributed by atoms with Gasteiger partial charge in [0.15, 0.2) is 0 Å². The van der Waals surface area contributed by atoms with Crippen LogP contribution in [-0.2, 0) is 6.42 Å². The summed E-state index contributed by atoms with van der Waals surface area (Å²) in [6.45, 7) is 2.04. The Morgan fingerprint density at radius 2 is 2.07 bits per heavy atom. The number of halogens is 4. The van der Waals surface area contributed by atoms with Gasteiger partial charge in [-0.25, -0.2) is 0 Å². The van der Waals surface area contributed by atoms with Crippen LogP contribution in [0.4, 0.5) is 13.2 Å². The second-order valence-corrected chi connectivity index (χ2v) is 5.58. The highest BCUT2D eigenvalue weighted by atomic mass is 79.9. The summed E-state index contributed by atoms with van der Waals surface area (Å²) in [4.78, 5) is 2.02. The summed E-state index contributed by atoms with van der Waals surface area (Å²) < 4.78 is 36.0. The van der Waals surface area contributed by atoms with Crippen LogP contribution in [0.3, 0.4) is 0 Å². The molecule has 0 bridgehead atoms. The van der Waals surface area contributed by atoms with Crippen molar-refractivity contribution in [1.82, 2.24) is 0 Å². The van der Waals surface area contributed by atoms with Crippen molar-refractivity contribution in [3.8, 4) is 0 Å². The third kappa shape index (κ3) is 4.55. The van der Waals surface area contributed by atoms with E-state index in [0.29, 0.717) is 0 Å². The molecule has 0 N–H and O–H groups in total. The summed E-state index contributed by atoms with van der Waals surface area (Å²) in [5.74, 6) is 0. The van der Waals surface area contributed by atoms with E-state index in [1.807, 2.05) is 19.1 Å². The van der Waals surface area contributed by atoms with Crippen molar-refractivity contribution in [3.05, 3.63) is 21.9 Å². The van der Waals surface area contributed by atoms with E-state index in [2.05, 4.69) is 15.9 Å². The van der Waals surface area contributed by atoms with Crippen LogP contribution in [0.25, 0.3) is 0 Å². The molecule has 0 radical (unpaired) electrons. The second kappa shape index (κ2) is 5.34. The molecule has 0 aliphatic heterocycles. The lowest BCUT2D eigenvalue weighted by atomic mass is 10.2. The molecule has 1 unspecified atom stereocenters. The van der Waals surface area contributed by atoms with E-state index in [4.69, 9.17) is 0 Å². The van der Waals surface area contributed by atoms with Gasteiger partial charge in [-0.2, -0.15) is 13.2 Å². The first-order valence-corrected chi connectivity index (χ1v) is 6.45. The fourth-order valence-corrected chi connectivity index (χ4v) is 2.81. The highest BCUT2D eigenvalue weighted by molar-refractivity contribution is 9.09. The van der Waals surface area contributed by atoms with Gasteiger partial charge in [-0.15, -0.1) is 11.3 Å². The normalized spacial score (nSPS) is 14.2. The van der Waals surface area contributed by atoms with E-state index in [9.17, 15) is 13.2 Å². The highest BCUT2D eigenvalue weighted by Gasteiger charge is 2.28. The lowest BCUT2D eigenvalue weighted by Crippen LogP contribution is -2.07. The molecule has 0 saturated carbocycles. The topological polar surface area (TPSA) is 0 Å². The van der Waals surface area contributed by atoms with Gasteiger partial charge < -0.3 is 0 Å². The van der Waals surface area contributed by atoms with Crippen molar-refractivity contribution < 1.29 is 13.2 Å². The monoisotopic (exact) mass is 300 g/mol. The Morgan fingerprint density at radius 1 is 1.40 bits per heavy atom. The van der Waals surface area contributed by atoms with E-state index in [1.54, 1.807) is 11.3 Å². The Hall–Kier alpha value is -0.0300. The van der Waals surface area contributed by atoms with Crippen LogP contribution in [0, 0.1) is 0 Å². The van der Waals surface area contributed by atoms with Crippen molar-refractivity contribution in [1.29, 1.82) is 0 Å². The molecular formula is C10H12BrF3S. The highest BCUT2D eigenvalue weighted by Crippen LogP contribution is 2.36. The molecule has 15 heavy (non-hydrogen) atoms. The van der Waals surface area contributed by atoms with Crippen LogP contribution < -0.4 is 0 Å². The van der Waals surface area contributed by atoms with Gasteiger partial charge >= 0.3 is 6.18 Å². The van der Waals surface area contributed by atoms with Gasteiger partial charge in [0.2, 0.25) is 0 Å². The zero-order valence-corrected chi connectivity index (χ0v) is 10.7. The molecule has 1 atom stereocenters. The molecule has 0 fully saturated rings. The van der Waals surface area contributed by atoms with Crippen LogP contribution in [0.5, 0.6) is 0 Å². The molecule has 0 saturated heterocycles. The molecule has 1 heterocycles. The zero-order valence-electron chi connectivity index (χ0n) is 8.27. The Kier molecular flexibility index (Phi) is 4.64. The summed E-state index contributed by atoms with van der Waals surface area (Å²) in [5.41, 5.74) is 0. The largest absolute Gasteiger partial charge is 0.389 e. The second-order valence-electron chi connectivity index (χ2n) is 3.28. The fourth-order valence-electron chi connectivity index (χ4n) is 1.19. The smallest absolute Gasteiger partial charge is 0.171 e. The standard InChI is InChI=1S/C10H12BrF3S/c1-2-7-3-4-9(15-7)8(11)5-6-10(12,13)14/h3-4,8H,2,5-6H2,1H3. The molecule has 0 amide bonds. The number of rotatable bonds is 4. The van der Waals surface area contributed by atoms with Gasteiger partial charge in [-0.1, -0.05) is 22.9 Å². The summed E-state index contributed by atoms with van der Waals surface area (Å²) in [5, 5.41) is 0. The van der Waals surface area contributed by atoms with Crippen molar-refractivity contribution in [3.63, 3.8) is 0 Å². The van der Waals surface area contributed by atoms with Crippen LogP contribution in [0.1, 0.15) is 34.3 Å². The Morgan fingerprint density at radius 3 is 2.53 bits per heavy atom. The Balaban J connectivity index is 2.50. The van der Waals surface area contributed by atoms with Gasteiger partial charge in [0, 0.05) is 21.0 Å². The van der Waals surface area contributed by atoms with Crippen LogP contribution >= 0.6 is 27.3 Å². The van der Waals surface area contributed by atoms with Crippen molar-refractivity contribution in [2.75, 3.05) is 0 Å². The molecule has 5 heteroatoms. The maximum Gasteiger partial charge on any atom is 0.389 e. The molecule has 0 aliphatic carbocycles. The van der Waals surface area contributed by atoms with Gasteiger partial charge in [-0.05, 0) is 25.0 Å². The molecule has 0 spiro atoms. The number of alkyl halides is 4. The van der Waals surface area contributed by atoms with E-state index in [-0.39, 0.29) is 11.2 Å². The average Bonchev–Trinajstić information content (AvgIpc) is 2.61. The number of thiophene rings is 1. The Bertz CT molecular complexity index is 306. The van der Waals surface area contributed by atoms with Crippen LogP contribution in [-0.4, -0.2) is 6.18 Å². The molecule has 1 rings (SSSR count). The summed E-state index contributed by atoms with van der Waals surface area (Å²) in [7, 11) is 0.